The number of carbonyl (C=O) groups is 2. The summed E-state index contributed by atoms with van der Waals surface area (Å²) in [6.45, 7) is 10.8. The average molecular weight is 364 g/mol. The summed E-state index contributed by atoms with van der Waals surface area (Å²) >= 11 is 0. The molecule has 1 N–H and O–H groups in total. The van der Waals surface area contributed by atoms with Crippen molar-refractivity contribution >= 4 is 23.2 Å². The van der Waals surface area contributed by atoms with Gasteiger partial charge in [0.2, 0.25) is 11.8 Å². The third-order valence-corrected chi connectivity index (χ3v) is 5.14. The van der Waals surface area contributed by atoms with E-state index >= 15 is 0 Å². The quantitative estimate of drug-likeness (QED) is 0.866. The lowest BCUT2D eigenvalue weighted by Crippen LogP contribution is -2.29. The van der Waals surface area contributed by atoms with Gasteiger partial charge in [-0.2, -0.15) is 0 Å². The minimum absolute atomic E-state index is 0.00737. The Hall–Kier alpha value is -2.62. The fourth-order valence-electron chi connectivity index (χ4n) is 3.61. The number of nitrogens with one attached hydrogen (secondary N) is 1. The van der Waals surface area contributed by atoms with Crippen LogP contribution in [0, 0.1) is 19.8 Å². The zero-order valence-corrected chi connectivity index (χ0v) is 16.8. The molecule has 4 heteroatoms. The molecule has 27 heavy (non-hydrogen) atoms. The van der Waals surface area contributed by atoms with Gasteiger partial charge < -0.3 is 10.2 Å². The van der Waals surface area contributed by atoms with Crippen LogP contribution in [0.4, 0.5) is 11.4 Å². The van der Waals surface area contributed by atoms with Crippen molar-refractivity contribution in [2.75, 3.05) is 16.8 Å². The molecule has 1 aliphatic heterocycles. The van der Waals surface area contributed by atoms with Crippen molar-refractivity contribution in [1.29, 1.82) is 0 Å². The van der Waals surface area contributed by atoms with E-state index in [1.165, 1.54) is 0 Å². The predicted molar refractivity (Wildman–Crippen MR) is 110 cm³/mol. The van der Waals surface area contributed by atoms with Gasteiger partial charge in [-0.05, 0) is 48.1 Å². The largest absolute Gasteiger partial charge is 0.326 e. The van der Waals surface area contributed by atoms with Gasteiger partial charge in [0.25, 0.3) is 0 Å². The SMILES string of the molecule is Cc1ccc(C)c(N2CC(C(=O)Nc3ccccc3C(C)(C)C)CC2=O)c1. The van der Waals surface area contributed by atoms with Crippen LogP contribution in [-0.2, 0) is 15.0 Å². The van der Waals surface area contributed by atoms with Crippen LogP contribution in [0.25, 0.3) is 0 Å². The van der Waals surface area contributed by atoms with Crippen LogP contribution in [0.2, 0.25) is 0 Å². The number of rotatable bonds is 3. The molecule has 1 atom stereocenters. The molecule has 0 saturated carbocycles. The number of aryl methyl sites for hydroxylation is 2. The second kappa shape index (κ2) is 7.18. The summed E-state index contributed by atoms with van der Waals surface area (Å²) in [7, 11) is 0. The topological polar surface area (TPSA) is 49.4 Å². The molecule has 1 heterocycles. The second-order valence-electron chi connectivity index (χ2n) is 8.48. The maximum atomic E-state index is 12.9. The minimum atomic E-state index is -0.342. The summed E-state index contributed by atoms with van der Waals surface area (Å²) in [5.74, 6) is -0.425. The number of amides is 2. The molecule has 142 valence electrons. The average Bonchev–Trinajstić information content (AvgIpc) is 2.98. The van der Waals surface area contributed by atoms with Gasteiger partial charge in [0.15, 0.2) is 0 Å². The number of carbonyl (C=O) groups excluding carboxylic acids is 2. The highest BCUT2D eigenvalue weighted by atomic mass is 16.2. The lowest BCUT2D eigenvalue weighted by molar-refractivity contribution is -0.122. The first-order valence-electron chi connectivity index (χ1n) is 9.45. The van der Waals surface area contributed by atoms with Gasteiger partial charge in [-0.25, -0.2) is 0 Å². The number of hydrogen-bond acceptors (Lipinski definition) is 2. The Labute approximate surface area is 161 Å². The molecule has 0 spiro atoms. The normalized spacial score (nSPS) is 17.3. The third-order valence-electron chi connectivity index (χ3n) is 5.14. The van der Waals surface area contributed by atoms with Gasteiger partial charge in [-0.3, -0.25) is 9.59 Å². The van der Waals surface area contributed by atoms with E-state index in [1.807, 2.05) is 56.3 Å². The number of nitrogens with zero attached hydrogens (tertiary/aromatic N) is 1. The summed E-state index contributed by atoms with van der Waals surface area (Å²) in [5, 5.41) is 3.06. The van der Waals surface area contributed by atoms with Crippen LogP contribution in [0.1, 0.15) is 43.9 Å². The summed E-state index contributed by atoms with van der Waals surface area (Å²) < 4.78 is 0. The molecule has 0 radical (unpaired) electrons. The second-order valence-corrected chi connectivity index (χ2v) is 8.48. The van der Waals surface area contributed by atoms with E-state index in [4.69, 9.17) is 0 Å². The fraction of sp³-hybridized carbons (Fsp3) is 0.391. The lowest BCUT2D eigenvalue weighted by Gasteiger charge is -2.24. The van der Waals surface area contributed by atoms with Crippen LogP contribution in [0.5, 0.6) is 0 Å². The van der Waals surface area contributed by atoms with Crippen molar-refractivity contribution < 1.29 is 9.59 Å². The van der Waals surface area contributed by atoms with Crippen LogP contribution in [0.3, 0.4) is 0 Å². The Kier molecular flexibility index (Phi) is 5.09. The first-order chi connectivity index (χ1) is 12.7. The molecule has 0 bridgehead atoms. The van der Waals surface area contributed by atoms with Gasteiger partial charge >= 0.3 is 0 Å². The van der Waals surface area contributed by atoms with E-state index in [9.17, 15) is 9.59 Å². The zero-order valence-electron chi connectivity index (χ0n) is 16.8. The molecule has 3 rings (SSSR count). The van der Waals surface area contributed by atoms with Crippen molar-refractivity contribution in [1.82, 2.24) is 0 Å². The number of benzene rings is 2. The van der Waals surface area contributed by atoms with Crippen molar-refractivity contribution in [2.45, 2.75) is 46.5 Å². The van der Waals surface area contributed by atoms with E-state index in [0.29, 0.717) is 6.54 Å². The lowest BCUT2D eigenvalue weighted by atomic mass is 9.85. The molecule has 1 fully saturated rings. The smallest absolute Gasteiger partial charge is 0.229 e. The highest BCUT2D eigenvalue weighted by Gasteiger charge is 2.36. The maximum absolute atomic E-state index is 12.9. The first-order valence-corrected chi connectivity index (χ1v) is 9.45. The van der Waals surface area contributed by atoms with Crippen LogP contribution < -0.4 is 10.2 Å². The number of anilines is 2. The van der Waals surface area contributed by atoms with E-state index in [-0.39, 0.29) is 29.6 Å². The van der Waals surface area contributed by atoms with Gasteiger partial charge in [0, 0.05) is 24.3 Å². The molecule has 0 aromatic heterocycles. The Morgan fingerprint density at radius 1 is 1.11 bits per heavy atom. The highest BCUT2D eigenvalue weighted by Crippen LogP contribution is 2.32. The predicted octanol–water partition coefficient (Wildman–Crippen LogP) is 4.59. The molecule has 1 aliphatic rings. The van der Waals surface area contributed by atoms with E-state index in [0.717, 1.165) is 28.1 Å². The Bertz CT molecular complexity index is 880. The summed E-state index contributed by atoms with van der Waals surface area (Å²) in [6.07, 6.45) is 0.247. The molecular formula is C23H28N2O2. The fourth-order valence-corrected chi connectivity index (χ4v) is 3.61. The zero-order chi connectivity index (χ0) is 19.8. The van der Waals surface area contributed by atoms with Crippen molar-refractivity contribution in [3.05, 3.63) is 59.2 Å². The van der Waals surface area contributed by atoms with Crippen molar-refractivity contribution in [3.8, 4) is 0 Å². The van der Waals surface area contributed by atoms with Crippen molar-refractivity contribution in [2.24, 2.45) is 5.92 Å². The van der Waals surface area contributed by atoms with Crippen LogP contribution in [-0.4, -0.2) is 18.4 Å². The highest BCUT2D eigenvalue weighted by molar-refractivity contribution is 6.04. The Morgan fingerprint density at radius 2 is 1.81 bits per heavy atom. The molecule has 2 amide bonds. The van der Waals surface area contributed by atoms with E-state index in [1.54, 1.807) is 4.90 Å². The monoisotopic (exact) mass is 364 g/mol. The molecular weight excluding hydrogens is 336 g/mol. The Balaban J connectivity index is 1.78. The summed E-state index contributed by atoms with van der Waals surface area (Å²) in [6, 6.07) is 13.9. The third kappa shape index (κ3) is 4.05. The summed E-state index contributed by atoms with van der Waals surface area (Å²) in [5.41, 5.74) is 4.91. The van der Waals surface area contributed by atoms with E-state index in [2.05, 4.69) is 26.1 Å². The first kappa shape index (κ1) is 19.2. The van der Waals surface area contributed by atoms with Crippen LogP contribution in [0.15, 0.2) is 42.5 Å². The molecule has 2 aromatic rings. The number of hydrogen-bond donors (Lipinski definition) is 1. The van der Waals surface area contributed by atoms with Gasteiger partial charge in [-0.15, -0.1) is 0 Å². The molecule has 4 nitrogen and oxygen atoms in total. The standard InChI is InChI=1S/C23H28N2O2/c1-15-10-11-16(2)20(12-15)25-14-17(13-21(25)26)22(27)24-19-9-7-6-8-18(19)23(3,4)5/h6-12,17H,13-14H2,1-5H3,(H,24,27). The Morgan fingerprint density at radius 3 is 2.52 bits per heavy atom. The van der Waals surface area contributed by atoms with E-state index < -0.39 is 0 Å². The molecule has 1 unspecified atom stereocenters. The van der Waals surface area contributed by atoms with Gasteiger partial charge in [0.1, 0.15) is 0 Å². The number of para-hydroxylation sites is 1. The van der Waals surface area contributed by atoms with Crippen molar-refractivity contribution in [3.63, 3.8) is 0 Å². The molecule has 2 aromatic carbocycles. The maximum Gasteiger partial charge on any atom is 0.229 e. The molecule has 1 saturated heterocycles. The molecule has 0 aliphatic carbocycles. The van der Waals surface area contributed by atoms with Crippen LogP contribution >= 0.6 is 0 Å². The van der Waals surface area contributed by atoms with Gasteiger partial charge in [0.05, 0.1) is 5.92 Å². The van der Waals surface area contributed by atoms with Gasteiger partial charge in [-0.1, -0.05) is 51.1 Å². The minimum Gasteiger partial charge on any atom is -0.326 e. The summed E-state index contributed by atoms with van der Waals surface area (Å²) in [4.78, 5) is 27.2.